The summed E-state index contributed by atoms with van der Waals surface area (Å²) in [7, 11) is 1.60. The fourth-order valence-corrected chi connectivity index (χ4v) is 3.41. The van der Waals surface area contributed by atoms with Gasteiger partial charge in [-0.1, -0.05) is 12.5 Å². The maximum absolute atomic E-state index is 10.1. The van der Waals surface area contributed by atoms with Crippen molar-refractivity contribution in [2.75, 3.05) is 39.8 Å². The van der Waals surface area contributed by atoms with Crippen LogP contribution < -0.4 is 15.4 Å². The number of hydrogen-bond acceptors (Lipinski definition) is 4. The largest absolute Gasteiger partial charge is 0.508 e. The van der Waals surface area contributed by atoms with Crippen molar-refractivity contribution in [3.8, 4) is 11.5 Å². The van der Waals surface area contributed by atoms with Gasteiger partial charge in [-0.3, -0.25) is 9.89 Å². The van der Waals surface area contributed by atoms with Crippen LogP contribution in [0.25, 0.3) is 0 Å². The van der Waals surface area contributed by atoms with E-state index in [1.54, 1.807) is 13.2 Å². The molecule has 28 heavy (non-hydrogen) atoms. The van der Waals surface area contributed by atoms with Gasteiger partial charge < -0.3 is 20.5 Å². The molecule has 0 aliphatic carbocycles. The number of guanidine groups is 1. The van der Waals surface area contributed by atoms with E-state index >= 15 is 0 Å². The summed E-state index contributed by atoms with van der Waals surface area (Å²) in [4.78, 5) is 7.37. The Balaban J connectivity index is 0.00000392. The monoisotopic (exact) mass is 504 g/mol. The minimum Gasteiger partial charge on any atom is -0.508 e. The molecule has 0 bridgehead atoms. The lowest BCUT2D eigenvalue weighted by Crippen LogP contribution is -2.49. The van der Waals surface area contributed by atoms with Crippen molar-refractivity contribution in [2.45, 2.75) is 52.0 Å². The first-order valence-corrected chi connectivity index (χ1v) is 10.1. The minimum atomic E-state index is 0. The van der Waals surface area contributed by atoms with Crippen molar-refractivity contribution in [1.29, 1.82) is 0 Å². The maximum Gasteiger partial charge on any atom is 0.191 e. The Hall–Kier alpha value is -1.22. The summed E-state index contributed by atoms with van der Waals surface area (Å²) in [5.74, 6) is 1.76. The number of phenols is 1. The van der Waals surface area contributed by atoms with Gasteiger partial charge in [-0.2, -0.15) is 0 Å². The Morgan fingerprint density at radius 1 is 1.21 bits per heavy atom. The number of likely N-dealkylation sites (tertiary alicyclic amines) is 1. The van der Waals surface area contributed by atoms with Gasteiger partial charge in [0.15, 0.2) is 5.96 Å². The highest BCUT2D eigenvalue weighted by Gasteiger charge is 2.27. The van der Waals surface area contributed by atoms with Crippen LogP contribution in [0.4, 0.5) is 0 Å². The molecule has 0 amide bonds. The standard InChI is InChI=1S/C21H36N4O2.HI/c1-5-22-20(24-16-21(2,3)25-13-7-6-8-14-25)23-12-11-17-9-10-18(27-4)15-19(17)26;/h9-10,15,26H,5-8,11-14,16H2,1-4H3,(H2,22,23,24);1H. The molecule has 1 aromatic carbocycles. The molecular formula is C21H37IN4O2. The highest BCUT2D eigenvalue weighted by atomic mass is 127. The van der Waals surface area contributed by atoms with Gasteiger partial charge in [0.25, 0.3) is 0 Å². The number of hydrogen-bond donors (Lipinski definition) is 3. The zero-order chi connectivity index (χ0) is 19.7. The lowest BCUT2D eigenvalue weighted by Gasteiger charge is -2.40. The van der Waals surface area contributed by atoms with Gasteiger partial charge >= 0.3 is 0 Å². The van der Waals surface area contributed by atoms with Gasteiger partial charge in [-0.25, -0.2) is 0 Å². The molecule has 1 saturated heterocycles. The zero-order valence-corrected chi connectivity index (χ0v) is 20.1. The summed E-state index contributed by atoms with van der Waals surface area (Å²) in [5, 5.41) is 16.8. The van der Waals surface area contributed by atoms with Crippen molar-refractivity contribution in [2.24, 2.45) is 4.99 Å². The van der Waals surface area contributed by atoms with Gasteiger partial charge in [0.05, 0.1) is 13.7 Å². The van der Waals surface area contributed by atoms with Crippen LogP contribution in [0.5, 0.6) is 11.5 Å². The van der Waals surface area contributed by atoms with Gasteiger partial charge in [0.2, 0.25) is 0 Å². The number of benzene rings is 1. The average Bonchev–Trinajstić information content (AvgIpc) is 2.68. The molecule has 1 aromatic rings. The number of nitrogens with one attached hydrogen (secondary N) is 2. The second-order valence-electron chi connectivity index (χ2n) is 7.73. The predicted molar refractivity (Wildman–Crippen MR) is 127 cm³/mol. The Kier molecular flexibility index (Phi) is 11.0. The van der Waals surface area contributed by atoms with Crippen LogP contribution in [0.15, 0.2) is 23.2 Å². The van der Waals surface area contributed by atoms with E-state index in [4.69, 9.17) is 9.73 Å². The summed E-state index contributed by atoms with van der Waals surface area (Å²) < 4.78 is 5.13. The maximum atomic E-state index is 10.1. The third-order valence-corrected chi connectivity index (χ3v) is 5.16. The number of rotatable bonds is 8. The molecule has 1 heterocycles. The molecule has 1 aliphatic heterocycles. The summed E-state index contributed by atoms with van der Waals surface area (Å²) in [6, 6.07) is 5.42. The third kappa shape index (κ3) is 7.66. The van der Waals surface area contributed by atoms with Crippen LogP contribution in [0.2, 0.25) is 0 Å². The number of phenolic OH excluding ortho intramolecular Hbond substituents is 1. The van der Waals surface area contributed by atoms with Crippen LogP contribution in [0.3, 0.4) is 0 Å². The lowest BCUT2D eigenvalue weighted by atomic mass is 9.99. The molecule has 3 N–H and O–H groups in total. The van der Waals surface area contributed by atoms with E-state index in [0.29, 0.717) is 12.3 Å². The first-order valence-electron chi connectivity index (χ1n) is 10.1. The average molecular weight is 504 g/mol. The van der Waals surface area contributed by atoms with Crippen molar-refractivity contribution >= 4 is 29.9 Å². The smallest absolute Gasteiger partial charge is 0.191 e. The molecule has 1 aliphatic rings. The molecular weight excluding hydrogens is 467 g/mol. The number of methoxy groups -OCH3 is 1. The molecule has 160 valence electrons. The minimum absolute atomic E-state index is 0. The second-order valence-corrected chi connectivity index (χ2v) is 7.73. The van der Waals surface area contributed by atoms with E-state index in [1.807, 2.05) is 12.1 Å². The Morgan fingerprint density at radius 3 is 2.54 bits per heavy atom. The molecule has 0 atom stereocenters. The molecule has 0 aromatic heterocycles. The molecule has 0 saturated carbocycles. The normalized spacial score (nSPS) is 15.6. The molecule has 0 radical (unpaired) electrons. The molecule has 7 heteroatoms. The Bertz CT molecular complexity index is 616. The van der Waals surface area contributed by atoms with E-state index in [-0.39, 0.29) is 35.3 Å². The van der Waals surface area contributed by atoms with Crippen LogP contribution >= 0.6 is 24.0 Å². The fraction of sp³-hybridized carbons (Fsp3) is 0.667. The van der Waals surface area contributed by atoms with Crippen LogP contribution in [0.1, 0.15) is 45.6 Å². The lowest BCUT2D eigenvalue weighted by molar-refractivity contribution is 0.102. The molecule has 0 spiro atoms. The van der Waals surface area contributed by atoms with Gasteiger partial charge in [0.1, 0.15) is 11.5 Å². The summed E-state index contributed by atoms with van der Waals surface area (Å²) in [5.41, 5.74) is 0.963. The molecule has 0 unspecified atom stereocenters. The first kappa shape index (κ1) is 24.8. The van der Waals surface area contributed by atoms with E-state index in [9.17, 15) is 5.11 Å². The molecule has 1 fully saturated rings. The Morgan fingerprint density at radius 2 is 1.93 bits per heavy atom. The highest BCUT2D eigenvalue weighted by Crippen LogP contribution is 2.23. The van der Waals surface area contributed by atoms with Crippen molar-refractivity contribution in [3.05, 3.63) is 23.8 Å². The number of piperidine rings is 1. The van der Waals surface area contributed by atoms with E-state index in [1.165, 1.54) is 32.4 Å². The highest BCUT2D eigenvalue weighted by molar-refractivity contribution is 14.0. The molecule has 6 nitrogen and oxygen atoms in total. The van der Waals surface area contributed by atoms with E-state index in [2.05, 4.69) is 36.3 Å². The predicted octanol–water partition coefficient (Wildman–Crippen LogP) is 3.38. The zero-order valence-electron chi connectivity index (χ0n) is 17.8. The van der Waals surface area contributed by atoms with Crippen molar-refractivity contribution in [1.82, 2.24) is 15.5 Å². The van der Waals surface area contributed by atoms with Crippen LogP contribution in [0, 0.1) is 0 Å². The number of aromatic hydroxyl groups is 1. The second kappa shape index (κ2) is 12.4. The van der Waals surface area contributed by atoms with Gasteiger partial charge in [0, 0.05) is 24.7 Å². The summed E-state index contributed by atoms with van der Waals surface area (Å²) >= 11 is 0. The van der Waals surface area contributed by atoms with Gasteiger partial charge in [-0.05, 0) is 64.8 Å². The van der Waals surface area contributed by atoms with Crippen molar-refractivity contribution < 1.29 is 9.84 Å². The number of halogens is 1. The quantitative estimate of drug-likeness (QED) is 0.288. The molecule has 2 rings (SSSR count). The number of aliphatic imine (C=N–C) groups is 1. The summed E-state index contributed by atoms with van der Waals surface area (Å²) in [6.45, 7) is 11.3. The number of ether oxygens (including phenoxy) is 1. The number of nitrogens with zero attached hydrogens (tertiary/aromatic N) is 2. The van der Waals surface area contributed by atoms with Gasteiger partial charge in [-0.15, -0.1) is 24.0 Å². The van der Waals surface area contributed by atoms with E-state index < -0.39 is 0 Å². The van der Waals surface area contributed by atoms with Crippen LogP contribution in [-0.4, -0.2) is 61.3 Å². The third-order valence-electron chi connectivity index (χ3n) is 5.16. The SMILES string of the molecule is CCNC(=NCC(C)(C)N1CCCCC1)NCCc1ccc(OC)cc1O.I. The topological polar surface area (TPSA) is 69.1 Å². The van der Waals surface area contributed by atoms with E-state index in [0.717, 1.165) is 31.0 Å². The van der Waals surface area contributed by atoms with Crippen molar-refractivity contribution in [3.63, 3.8) is 0 Å². The first-order chi connectivity index (χ1) is 13.0. The Labute approximate surface area is 187 Å². The summed E-state index contributed by atoms with van der Waals surface area (Å²) in [6.07, 6.45) is 4.64. The van der Waals surface area contributed by atoms with Crippen LogP contribution in [-0.2, 0) is 6.42 Å². The fourth-order valence-electron chi connectivity index (χ4n) is 3.41.